The van der Waals surface area contributed by atoms with Crippen LogP contribution in [-0.2, 0) is 0 Å². The molecule has 2 aliphatic rings. The average molecular weight is 1040 g/mol. The van der Waals surface area contributed by atoms with Gasteiger partial charge in [-0.2, -0.15) is 0 Å². The van der Waals surface area contributed by atoms with Crippen LogP contribution in [0.2, 0.25) is 0 Å². The molecule has 16 rings (SSSR count). The van der Waals surface area contributed by atoms with E-state index in [4.69, 9.17) is 0 Å². The average Bonchev–Trinajstić information content (AvgIpc) is 3.15. The molecule has 0 unspecified atom stereocenters. The fourth-order valence-corrected chi connectivity index (χ4v) is 13.5. The highest BCUT2D eigenvalue weighted by Gasteiger charge is 2.45. The first-order chi connectivity index (χ1) is 40.8. The molecule has 0 spiro atoms. The van der Waals surface area contributed by atoms with Crippen LogP contribution in [0.4, 0.5) is 34.1 Å². The molecule has 0 atom stereocenters. The van der Waals surface area contributed by atoms with E-state index in [-0.39, 0.29) is 6.71 Å². The first-order valence-corrected chi connectivity index (χ1v) is 28.4. The van der Waals surface area contributed by atoms with Crippen molar-refractivity contribution >= 4 is 79.0 Å². The van der Waals surface area contributed by atoms with Crippen LogP contribution in [0.15, 0.2) is 315 Å². The number of para-hydroxylation sites is 6. The van der Waals surface area contributed by atoms with Crippen molar-refractivity contribution in [2.75, 3.05) is 9.80 Å². The predicted molar refractivity (Wildman–Crippen MR) is 347 cm³/mol. The van der Waals surface area contributed by atoms with Gasteiger partial charge in [-0.1, -0.05) is 291 Å². The summed E-state index contributed by atoms with van der Waals surface area (Å²) in [4.78, 5) is 5.27. The summed E-state index contributed by atoms with van der Waals surface area (Å²) in [5, 5.41) is 2.40. The van der Waals surface area contributed by atoms with Crippen molar-refractivity contribution in [1.29, 1.82) is 0 Å². The van der Waals surface area contributed by atoms with Gasteiger partial charge < -0.3 is 14.4 Å². The first-order valence-electron chi connectivity index (χ1n) is 28.4. The van der Waals surface area contributed by atoms with E-state index in [1.807, 2.05) is 0 Å². The number of anilines is 6. The van der Waals surface area contributed by atoms with Crippen LogP contribution in [0.1, 0.15) is 0 Å². The Morgan fingerprint density at radius 1 is 0.232 bits per heavy atom. The molecule has 1 aromatic heterocycles. The summed E-state index contributed by atoms with van der Waals surface area (Å²) in [7, 11) is 0. The topological polar surface area (TPSA) is 11.4 Å². The van der Waals surface area contributed by atoms with E-state index in [1.165, 1.54) is 38.3 Å². The molecule has 3 nitrogen and oxygen atoms in total. The summed E-state index contributed by atoms with van der Waals surface area (Å²) >= 11 is 0. The van der Waals surface area contributed by atoms with Gasteiger partial charge in [0.25, 0.3) is 6.71 Å². The monoisotopic (exact) mass is 1040 g/mol. The van der Waals surface area contributed by atoms with Gasteiger partial charge in [-0.15, -0.1) is 0 Å². The maximum atomic E-state index is 2.64. The van der Waals surface area contributed by atoms with Crippen molar-refractivity contribution < 1.29 is 0 Å². The molecule has 0 radical (unpaired) electrons. The van der Waals surface area contributed by atoms with E-state index in [2.05, 4.69) is 330 Å². The minimum atomic E-state index is -0.120. The highest BCUT2D eigenvalue weighted by Crippen LogP contribution is 2.54. The number of nitrogens with zero attached hydrogens (tertiary/aromatic N) is 3. The third-order valence-corrected chi connectivity index (χ3v) is 17.0. The number of hydrogen-bond acceptors (Lipinski definition) is 2. The number of rotatable bonds is 9. The molecule has 3 heterocycles. The molecule has 13 aromatic carbocycles. The summed E-state index contributed by atoms with van der Waals surface area (Å²) in [5.74, 6) is 0. The van der Waals surface area contributed by atoms with Crippen molar-refractivity contribution in [3.8, 4) is 72.4 Å². The first kappa shape index (κ1) is 47.3. The normalized spacial score (nSPS) is 12.3. The summed E-state index contributed by atoms with van der Waals surface area (Å²) in [6.45, 7) is -0.120. The second-order valence-corrected chi connectivity index (χ2v) is 21.5. The molecular formula is C78H52BN3. The molecule has 0 N–H and O–H groups in total. The lowest BCUT2D eigenvalue weighted by Crippen LogP contribution is -2.61. The Morgan fingerprint density at radius 3 is 0.854 bits per heavy atom. The lowest BCUT2D eigenvalue weighted by Gasteiger charge is -2.45. The highest BCUT2D eigenvalue weighted by atomic mass is 15.2. The molecule has 2 aliphatic heterocycles. The van der Waals surface area contributed by atoms with Crippen LogP contribution in [-0.4, -0.2) is 11.3 Å². The molecule has 0 saturated heterocycles. The molecule has 0 fully saturated rings. The smallest absolute Gasteiger partial charge is 0.252 e. The van der Waals surface area contributed by atoms with E-state index in [0.717, 1.165) is 106 Å². The molecule has 382 valence electrons. The van der Waals surface area contributed by atoms with Crippen LogP contribution in [0.25, 0.3) is 94.3 Å². The molecule has 14 aromatic rings. The zero-order chi connectivity index (χ0) is 54.1. The highest BCUT2D eigenvalue weighted by molar-refractivity contribution is 7.00. The Bertz CT molecular complexity index is 4320. The Labute approximate surface area is 478 Å². The Hall–Kier alpha value is -10.7. The van der Waals surface area contributed by atoms with Gasteiger partial charge in [0, 0.05) is 66.9 Å². The van der Waals surface area contributed by atoms with Crippen LogP contribution < -0.4 is 26.2 Å². The van der Waals surface area contributed by atoms with Gasteiger partial charge in [0.2, 0.25) is 0 Å². The Morgan fingerprint density at radius 2 is 0.512 bits per heavy atom. The van der Waals surface area contributed by atoms with Crippen molar-refractivity contribution in [3.63, 3.8) is 0 Å². The van der Waals surface area contributed by atoms with E-state index in [1.54, 1.807) is 0 Å². The van der Waals surface area contributed by atoms with Crippen molar-refractivity contribution in [3.05, 3.63) is 315 Å². The zero-order valence-corrected chi connectivity index (χ0v) is 44.9. The number of benzene rings is 13. The quantitative estimate of drug-likeness (QED) is 0.134. The largest absolute Gasteiger partial charge is 0.310 e. The lowest BCUT2D eigenvalue weighted by molar-refractivity contribution is 1.16. The Kier molecular flexibility index (Phi) is 11.3. The van der Waals surface area contributed by atoms with Gasteiger partial charge in [0.15, 0.2) is 0 Å². The van der Waals surface area contributed by atoms with Crippen LogP contribution in [0.3, 0.4) is 0 Å². The van der Waals surface area contributed by atoms with Crippen LogP contribution >= 0.6 is 0 Å². The minimum Gasteiger partial charge on any atom is -0.310 e. The summed E-state index contributed by atoms with van der Waals surface area (Å²) in [5.41, 5.74) is 27.8. The molecule has 0 aliphatic carbocycles. The van der Waals surface area contributed by atoms with Crippen molar-refractivity contribution in [2.45, 2.75) is 0 Å². The lowest BCUT2D eigenvalue weighted by atomic mass is 9.33. The maximum Gasteiger partial charge on any atom is 0.252 e. The molecule has 0 amide bonds. The fourth-order valence-electron chi connectivity index (χ4n) is 13.5. The van der Waals surface area contributed by atoms with Gasteiger partial charge in [-0.3, -0.25) is 0 Å². The number of fused-ring (bicyclic) bond motifs is 7. The third kappa shape index (κ3) is 7.53. The number of hydrogen-bond donors (Lipinski definition) is 0. The predicted octanol–water partition coefficient (Wildman–Crippen LogP) is 18.9. The molecule has 4 heteroatoms. The summed E-state index contributed by atoms with van der Waals surface area (Å²) in [6.07, 6.45) is 0. The maximum absolute atomic E-state index is 2.64. The molecule has 0 saturated carbocycles. The second kappa shape index (κ2) is 19.6. The van der Waals surface area contributed by atoms with Gasteiger partial charge >= 0.3 is 0 Å². The Balaban J connectivity index is 1.12. The molecule has 0 bridgehead atoms. The number of aromatic nitrogens is 1. The molecular weight excluding hydrogens is 990 g/mol. The van der Waals surface area contributed by atoms with Gasteiger partial charge in [-0.25, -0.2) is 0 Å². The third-order valence-electron chi connectivity index (χ3n) is 17.0. The van der Waals surface area contributed by atoms with Gasteiger partial charge in [0.1, 0.15) is 0 Å². The zero-order valence-electron chi connectivity index (χ0n) is 44.9. The van der Waals surface area contributed by atoms with E-state index >= 15 is 0 Å². The standard InChI is InChI=1S/C78H52BN3/c1-7-27-53(28-8-1)60-39-23-40-61(54-29-9-2-10-30-54)75(60)81-70-49-21-19-47-68(70)79-69-48-20-22-50-71(69)82(76-62(55-31-11-3-12-32-55)41-24-42-63(76)56-33-13-4-14-34-56)73-52-59(51-72(81)74(73)79)80-77-64(57-35-15-5-16-36-57)43-25-45-66(77)67-46-26-44-65(78(67)80)58-37-17-6-18-38-58/h1-52H. The van der Waals surface area contributed by atoms with E-state index in [9.17, 15) is 0 Å². The van der Waals surface area contributed by atoms with Crippen LogP contribution in [0, 0.1) is 0 Å². The minimum absolute atomic E-state index is 0.120. The van der Waals surface area contributed by atoms with Crippen molar-refractivity contribution in [1.82, 2.24) is 4.57 Å². The summed E-state index contributed by atoms with van der Waals surface area (Å²) in [6, 6.07) is 117. The van der Waals surface area contributed by atoms with Gasteiger partial charge in [0.05, 0.1) is 28.1 Å². The van der Waals surface area contributed by atoms with E-state index < -0.39 is 0 Å². The summed E-state index contributed by atoms with van der Waals surface area (Å²) < 4.78 is 2.61. The van der Waals surface area contributed by atoms with E-state index in [0.29, 0.717) is 0 Å². The van der Waals surface area contributed by atoms with Gasteiger partial charge in [-0.05, 0) is 74.0 Å². The molecule has 82 heavy (non-hydrogen) atoms. The SMILES string of the molecule is c1ccc(-c2cccc(-c3ccccc3)c2N2c3ccccc3B3c4ccccc4N(c4c(-c5ccccc5)cccc4-c4ccccc4)c4cc(-n5c6c(-c7ccccc7)cccc6c6cccc(-c7ccccc7)c65)cc2c43)cc1. The van der Waals surface area contributed by atoms with Crippen molar-refractivity contribution in [2.24, 2.45) is 0 Å². The van der Waals surface area contributed by atoms with Crippen LogP contribution in [0.5, 0.6) is 0 Å². The second-order valence-electron chi connectivity index (χ2n) is 21.5. The fraction of sp³-hybridized carbons (Fsp3) is 0.